The molecular weight excluding hydrogens is 270 g/mol. The fraction of sp³-hybridized carbons (Fsp3) is 0.667. The minimum atomic E-state index is -0.784. The van der Waals surface area contributed by atoms with Gasteiger partial charge in [-0.3, -0.25) is 24.4 Å². The van der Waals surface area contributed by atoms with Crippen LogP contribution in [-0.2, 0) is 19.2 Å². The van der Waals surface area contributed by atoms with Crippen molar-refractivity contribution in [1.29, 1.82) is 0 Å². The number of nitrogens with zero attached hydrogens (tertiary/aromatic N) is 1. The number of hydroxylamine groups is 2. The normalized spacial score (nSPS) is 13.9. The summed E-state index contributed by atoms with van der Waals surface area (Å²) in [5.41, 5.74) is 0. The first-order chi connectivity index (χ1) is 9.34. The first-order valence-electron chi connectivity index (χ1n) is 6.33. The number of imide groups is 1. The largest absolute Gasteiger partial charge is 0.481 e. The molecule has 3 N–H and O–H groups in total. The number of rotatable bonds is 7. The zero-order chi connectivity index (χ0) is 15.5. The maximum absolute atomic E-state index is 10.2. The van der Waals surface area contributed by atoms with Gasteiger partial charge in [0.05, 0.1) is 0 Å². The van der Waals surface area contributed by atoms with Crippen molar-refractivity contribution in [2.24, 2.45) is 0 Å². The van der Waals surface area contributed by atoms with Gasteiger partial charge in [0.2, 0.25) is 0 Å². The molecule has 0 aliphatic carbocycles. The minimum Gasteiger partial charge on any atom is -0.481 e. The molecule has 0 unspecified atom stereocenters. The Morgan fingerprint density at radius 1 is 0.850 bits per heavy atom. The number of carbonyl (C=O) groups excluding carboxylic acids is 2. The van der Waals surface area contributed by atoms with Crippen molar-refractivity contribution in [3.8, 4) is 0 Å². The molecule has 0 radical (unpaired) electrons. The van der Waals surface area contributed by atoms with Crippen LogP contribution in [0.3, 0.4) is 0 Å². The van der Waals surface area contributed by atoms with Gasteiger partial charge in [-0.25, -0.2) is 0 Å². The molecule has 0 aromatic carbocycles. The second-order valence-electron chi connectivity index (χ2n) is 4.30. The smallest absolute Gasteiger partial charge is 0.303 e. The average Bonchev–Trinajstić information content (AvgIpc) is 2.65. The summed E-state index contributed by atoms with van der Waals surface area (Å²) >= 11 is 0. The third-order valence-corrected chi connectivity index (χ3v) is 2.56. The summed E-state index contributed by atoms with van der Waals surface area (Å²) in [4.78, 5) is 40.6. The highest BCUT2D eigenvalue weighted by Crippen LogP contribution is 2.07. The van der Waals surface area contributed by atoms with Crippen LogP contribution in [0.15, 0.2) is 0 Å². The Kier molecular flexibility index (Phi) is 8.93. The molecule has 1 rings (SSSR count). The summed E-state index contributed by atoms with van der Waals surface area (Å²) in [5, 5.41) is 25.1. The van der Waals surface area contributed by atoms with Crippen LogP contribution in [-0.4, -0.2) is 44.2 Å². The molecule has 1 aliphatic rings. The van der Waals surface area contributed by atoms with Crippen LogP contribution in [0.2, 0.25) is 0 Å². The molecule has 8 heteroatoms. The predicted octanol–water partition coefficient (Wildman–Crippen LogP) is 1.02. The van der Waals surface area contributed by atoms with Crippen LogP contribution in [0.25, 0.3) is 0 Å². The van der Waals surface area contributed by atoms with Gasteiger partial charge in [0, 0.05) is 25.7 Å². The quantitative estimate of drug-likeness (QED) is 0.362. The monoisotopic (exact) mass is 289 g/mol. The van der Waals surface area contributed by atoms with Crippen molar-refractivity contribution < 1.29 is 34.6 Å². The molecule has 0 saturated carbocycles. The standard InChI is InChI=1S/C8H14O4.C4H5NO3/c9-7(10)5-3-1-2-4-6-8(11)12;6-3-1-2-4(7)5(3)8/h1-6H2,(H,9,10)(H,11,12);8H,1-2H2. The van der Waals surface area contributed by atoms with Crippen LogP contribution in [0.1, 0.15) is 51.4 Å². The molecule has 8 nitrogen and oxygen atoms in total. The molecule has 114 valence electrons. The number of hydrogen-bond donors (Lipinski definition) is 3. The van der Waals surface area contributed by atoms with Gasteiger partial charge in [-0.05, 0) is 12.8 Å². The number of carbonyl (C=O) groups is 4. The molecule has 1 heterocycles. The zero-order valence-corrected chi connectivity index (χ0v) is 11.1. The van der Waals surface area contributed by atoms with E-state index in [1.807, 2.05) is 0 Å². The Morgan fingerprint density at radius 2 is 1.20 bits per heavy atom. The molecule has 0 bridgehead atoms. The fourth-order valence-electron chi connectivity index (χ4n) is 1.47. The lowest BCUT2D eigenvalue weighted by atomic mass is 10.1. The third-order valence-electron chi connectivity index (χ3n) is 2.56. The van der Waals surface area contributed by atoms with E-state index in [4.69, 9.17) is 15.4 Å². The summed E-state index contributed by atoms with van der Waals surface area (Å²) < 4.78 is 0. The van der Waals surface area contributed by atoms with Gasteiger partial charge < -0.3 is 10.2 Å². The van der Waals surface area contributed by atoms with Crippen molar-refractivity contribution in [3.63, 3.8) is 0 Å². The van der Waals surface area contributed by atoms with Crippen LogP contribution < -0.4 is 0 Å². The highest BCUT2D eigenvalue weighted by molar-refractivity contribution is 6.00. The van der Waals surface area contributed by atoms with E-state index >= 15 is 0 Å². The maximum atomic E-state index is 10.2. The minimum absolute atomic E-state index is 0.148. The van der Waals surface area contributed by atoms with E-state index in [1.54, 1.807) is 0 Å². The second-order valence-corrected chi connectivity index (χ2v) is 4.30. The number of unbranched alkanes of at least 4 members (excludes halogenated alkanes) is 3. The molecule has 1 aliphatic heterocycles. The lowest BCUT2D eigenvalue weighted by Crippen LogP contribution is -2.24. The van der Waals surface area contributed by atoms with Crippen LogP contribution in [0.5, 0.6) is 0 Å². The van der Waals surface area contributed by atoms with Crippen molar-refractivity contribution >= 4 is 23.8 Å². The second kappa shape index (κ2) is 9.90. The SMILES string of the molecule is O=C(O)CCCCCCC(=O)O.O=C1CCC(=O)N1O. The zero-order valence-electron chi connectivity index (χ0n) is 11.1. The van der Waals surface area contributed by atoms with Gasteiger partial charge in [-0.1, -0.05) is 12.8 Å². The number of aliphatic carboxylic acids is 2. The molecule has 0 spiro atoms. The van der Waals surface area contributed by atoms with Gasteiger partial charge >= 0.3 is 11.9 Å². The summed E-state index contributed by atoms with van der Waals surface area (Å²) in [5.74, 6) is -2.58. The molecule has 20 heavy (non-hydrogen) atoms. The van der Waals surface area contributed by atoms with Gasteiger partial charge in [0.1, 0.15) is 0 Å². The Morgan fingerprint density at radius 3 is 1.40 bits per heavy atom. The molecule has 0 aromatic rings. The highest BCUT2D eigenvalue weighted by atomic mass is 16.5. The summed E-state index contributed by atoms with van der Waals surface area (Å²) in [6, 6.07) is 0. The average molecular weight is 289 g/mol. The number of carboxylic acids is 2. The van der Waals surface area contributed by atoms with Crippen LogP contribution >= 0.6 is 0 Å². The number of hydrogen-bond acceptors (Lipinski definition) is 5. The van der Waals surface area contributed by atoms with E-state index in [9.17, 15) is 19.2 Å². The van der Waals surface area contributed by atoms with E-state index in [2.05, 4.69) is 0 Å². The molecule has 0 aromatic heterocycles. The highest BCUT2D eigenvalue weighted by Gasteiger charge is 2.26. The summed E-state index contributed by atoms with van der Waals surface area (Å²) in [6.45, 7) is 0. The van der Waals surface area contributed by atoms with Crippen molar-refractivity contribution in [1.82, 2.24) is 5.06 Å². The summed E-state index contributed by atoms with van der Waals surface area (Å²) in [6.07, 6.45) is 3.58. The number of carboxylic acid groups (broad SMARTS) is 2. The van der Waals surface area contributed by atoms with E-state index in [0.29, 0.717) is 12.8 Å². The van der Waals surface area contributed by atoms with Gasteiger partial charge in [-0.2, -0.15) is 5.06 Å². The Balaban J connectivity index is 0.000000388. The third kappa shape index (κ3) is 9.03. The summed E-state index contributed by atoms with van der Waals surface area (Å²) in [7, 11) is 0. The lowest BCUT2D eigenvalue weighted by molar-refractivity contribution is -0.171. The molecular formula is C12H19NO7. The molecule has 2 amide bonds. The molecule has 1 fully saturated rings. The van der Waals surface area contributed by atoms with Crippen molar-refractivity contribution in [3.05, 3.63) is 0 Å². The fourth-order valence-corrected chi connectivity index (χ4v) is 1.47. The van der Waals surface area contributed by atoms with E-state index in [1.165, 1.54) is 0 Å². The van der Waals surface area contributed by atoms with Crippen LogP contribution in [0, 0.1) is 0 Å². The van der Waals surface area contributed by atoms with Gasteiger partial charge in [0.25, 0.3) is 11.8 Å². The van der Waals surface area contributed by atoms with Gasteiger partial charge in [-0.15, -0.1) is 0 Å². The Hall–Kier alpha value is -1.96. The Bertz CT molecular complexity index is 333. The lowest BCUT2D eigenvalue weighted by Gasteiger charge is -1.98. The van der Waals surface area contributed by atoms with Crippen molar-refractivity contribution in [2.75, 3.05) is 0 Å². The van der Waals surface area contributed by atoms with E-state index in [0.717, 1.165) is 12.8 Å². The Labute approximate surface area is 115 Å². The molecule has 0 atom stereocenters. The van der Waals surface area contributed by atoms with Crippen LogP contribution in [0.4, 0.5) is 0 Å². The number of amides is 2. The van der Waals surface area contributed by atoms with E-state index in [-0.39, 0.29) is 30.7 Å². The maximum Gasteiger partial charge on any atom is 0.303 e. The first-order valence-corrected chi connectivity index (χ1v) is 6.33. The van der Waals surface area contributed by atoms with E-state index < -0.39 is 23.8 Å². The van der Waals surface area contributed by atoms with Gasteiger partial charge in [0.15, 0.2) is 0 Å². The first kappa shape index (κ1) is 18.0. The van der Waals surface area contributed by atoms with Crippen molar-refractivity contribution in [2.45, 2.75) is 51.4 Å². The molecule has 1 saturated heterocycles. The predicted molar refractivity (Wildman–Crippen MR) is 65.8 cm³/mol. The topological polar surface area (TPSA) is 132 Å².